The van der Waals surface area contributed by atoms with Crippen LogP contribution in [0.3, 0.4) is 0 Å². The average Bonchev–Trinajstić information content (AvgIpc) is 2.99. The van der Waals surface area contributed by atoms with Crippen LogP contribution < -0.4 is 4.72 Å². The molecule has 2 heterocycles. The monoisotopic (exact) mass is 354 g/mol. The van der Waals surface area contributed by atoms with Crippen LogP contribution in [-0.2, 0) is 4.74 Å². The molecule has 0 spiro atoms. The summed E-state index contributed by atoms with van der Waals surface area (Å²) in [7, 11) is 0. The van der Waals surface area contributed by atoms with Crippen molar-refractivity contribution < 1.29 is 4.74 Å². The summed E-state index contributed by atoms with van der Waals surface area (Å²) in [6, 6.07) is 4.12. The normalized spacial score (nSPS) is 16.0. The summed E-state index contributed by atoms with van der Waals surface area (Å²) in [5.41, 5.74) is 3.47. The number of benzene rings is 1. The molecule has 6 heteroatoms. The van der Waals surface area contributed by atoms with Crippen molar-refractivity contribution >= 4 is 40.0 Å². The number of rotatable bonds is 4. The van der Waals surface area contributed by atoms with E-state index < -0.39 is 0 Å². The first-order chi connectivity index (χ1) is 10.6. The number of halogens is 1. The zero-order valence-corrected chi connectivity index (χ0v) is 15.1. The van der Waals surface area contributed by atoms with E-state index >= 15 is 0 Å². The van der Waals surface area contributed by atoms with E-state index in [-0.39, 0.29) is 0 Å². The van der Waals surface area contributed by atoms with Crippen LogP contribution in [0.1, 0.15) is 35.6 Å². The molecule has 0 bridgehead atoms. The van der Waals surface area contributed by atoms with Gasteiger partial charge in [-0.25, -0.2) is 4.98 Å². The molecule has 3 nitrogen and oxygen atoms in total. The van der Waals surface area contributed by atoms with Crippen LogP contribution in [0.15, 0.2) is 22.4 Å². The molecule has 0 aliphatic carbocycles. The molecule has 1 fully saturated rings. The highest BCUT2D eigenvalue weighted by Crippen LogP contribution is 2.33. The Hall–Kier alpha value is -0.750. The lowest BCUT2D eigenvalue weighted by molar-refractivity contribution is 0.0846. The average molecular weight is 355 g/mol. The molecule has 2 aromatic rings. The minimum atomic E-state index is 0.546. The van der Waals surface area contributed by atoms with Gasteiger partial charge in [-0.15, -0.1) is 11.3 Å². The van der Waals surface area contributed by atoms with Crippen molar-refractivity contribution in [2.75, 3.05) is 17.9 Å². The number of aromatic nitrogens is 1. The lowest BCUT2D eigenvalue weighted by Crippen LogP contribution is -2.14. The smallest absolute Gasteiger partial charge is 0.193 e. The van der Waals surface area contributed by atoms with Gasteiger partial charge in [0.1, 0.15) is 0 Å². The van der Waals surface area contributed by atoms with Gasteiger partial charge in [0.25, 0.3) is 0 Å². The van der Waals surface area contributed by atoms with Crippen molar-refractivity contribution in [2.45, 2.75) is 37.5 Å². The Labute approximate surface area is 144 Å². The highest BCUT2D eigenvalue weighted by Gasteiger charge is 2.18. The van der Waals surface area contributed by atoms with Crippen molar-refractivity contribution in [3.05, 3.63) is 39.4 Å². The third-order valence-corrected chi connectivity index (χ3v) is 6.13. The van der Waals surface area contributed by atoms with E-state index in [9.17, 15) is 0 Å². The third-order valence-electron chi connectivity index (χ3n) is 3.87. The lowest BCUT2D eigenvalue weighted by atomic mass is 9.98. The minimum Gasteiger partial charge on any atom is -0.381 e. The van der Waals surface area contributed by atoms with E-state index in [1.54, 1.807) is 23.3 Å². The van der Waals surface area contributed by atoms with E-state index in [1.165, 1.54) is 16.2 Å². The second-order valence-corrected chi connectivity index (χ2v) is 7.65. The Morgan fingerprint density at radius 1 is 1.27 bits per heavy atom. The molecule has 22 heavy (non-hydrogen) atoms. The lowest BCUT2D eigenvalue weighted by Gasteiger charge is -2.19. The fourth-order valence-corrected chi connectivity index (χ4v) is 4.35. The number of hydrogen-bond acceptors (Lipinski definition) is 5. The second-order valence-electron chi connectivity index (χ2n) is 5.54. The van der Waals surface area contributed by atoms with Crippen LogP contribution in [0.4, 0.5) is 5.13 Å². The summed E-state index contributed by atoms with van der Waals surface area (Å²) >= 11 is 9.41. The maximum Gasteiger partial charge on any atom is 0.193 e. The Bertz CT molecular complexity index is 654. The molecule has 1 aliphatic rings. The highest BCUT2D eigenvalue weighted by molar-refractivity contribution is 8.00. The predicted octanol–water partition coefficient (Wildman–Crippen LogP) is 5.43. The first kappa shape index (κ1) is 16.1. The number of anilines is 1. The van der Waals surface area contributed by atoms with Crippen LogP contribution >= 0.6 is 34.9 Å². The number of hydrogen-bond donors (Lipinski definition) is 1. The first-order valence-corrected chi connectivity index (χ1v) is 9.43. The Kier molecular flexibility index (Phi) is 5.29. The van der Waals surface area contributed by atoms with Gasteiger partial charge in [-0.05, 0) is 61.9 Å². The molecule has 118 valence electrons. The van der Waals surface area contributed by atoms with Crippen molar-refractivity contribution in [1.29, 1.82) is 0 Å². The molecular formula is C16H19ClN2OS2. The van der Waals surface area contributed by atoms with E-state index in [0.29, 0.717) is 5.92 Å². The molecule has 0 atom stereocenters. The van der Waals surface area contributed by atoms with Gasteiger partial charge >= 0.3 is 0 Å². The van der Waals surface area contributed by atoms with Gasteiger partial charge in [0.05, 0.1) is 5.69 Å². The summed E-state index contributed by atoms with van der Waals surface area (Å²) in [5.74, 6) is 0.546. The van der Waals surface area contributed by atoms with Gasteiger partial charge in [0.2, 0.25) is 0 Å². The van der Waals surface area contributed by atoms with Crippen LogP contribution in [0, 0.1) is 13.8 Å². The van der Waals surface area contributed by atoms with Crippen LogP contribution in [0.5, 0.6) is 0 Å². The molecule has 1 saturated heterocycles. The number of thiazole rings is 1. The largest absolute Gasteiger partial charge is 0.381 e. The summed E-state index contributed by atoms with van der Waals surface area (Å²) < 4.78 is 8.77. The first-order valence-electron chi connectivity index (χ1n) is 7.36. The number of nitrogens with one attached hydrogen (secondary N) is 1. The maximum atomic E-state index is 6.14. The molecule has 3 rings (SSSR count). The molecule has 1 aromatic heterocycles. The molecule has 1 N–H and O–H groups in total. The van der Waals surface area contributed by atoms with Gasteiger partial charge in [-0.1, -0.05) is 11.6 Å². The minimum absolute atomic E-state index is 0.546. The molecule has 1 aliphatic heterocycles. The molecule has 0 saturated carbocycles. The Balaban J connectivity index is 1.64. The molecule has 0 radical (unpaired) electrons. The fourth-order valence-electron chi connectivity index (χ4n) is 2.48. The maximum absolute atomic E-state index is 6.14. The SMILES string of the molecule is Cc1cc(SNc2nc(C3CCOCC3)cs2)c(C)cc1Cl. The van der Waals surface area contributed by atoms with Gasteiger partial charge in [-0.2, -0.15) is 0 Å². The van der Waals surface area contributed by atoms with Crippen molar-refractivity contribution in [2.24, 2.45) is 0 Å². The van der Waals surface area contributed by atoms with Crippen molar-refractivity contribution in [1.82, 2.24) is 4.98 Å². The second kappa shape index (κ2) is 7.21. The van der Waals surface area contributed by atoms with Crippen LogP contribution in [0.2, 0.25) is 5.02 Å². The Morgan fingerprint density at radius 3 is 2.82 bits per heavy atom. The van der Waals surface area contributed by atoms with Gasteiger partial charge < -0.3 is 9.46 Å². The third kappa shape index (κ3) is 3.77. The highest BCUT2D eigenvalue weighted by atomic mass is 35.5. The number of nitrogens with zero attached hydrogens (tertiary/aromatic N) is 1. The van der Waals surface area contributed by atoms with Gasteiger partial charge in [0, 0.05) is 34.4 Å². The number of aryl methyl sites for hydroxylation is 2. The standard InChI is InChI=1S/C16H19ClN2OS2/c1-10-8-15(11(2)7-13(10)17)22-19-16-18-14(9-21-16)12-3-5-20-6-4-12/h7-9,12H,3-6H2,1-2H3,(H,18,19). The molecule has 0 amide bonds. The molecular weight excluding hydrogens is 336 g/mol. The van der Waals surface area contributed by atoms with Gasteiger partial charge in [-0.3, -0.25) is 0 Å². The zero-order chi connectivity index (χ0) is 15.5. The molecule has 0 unspecified atom stereocenters. The predicted molar refractivity (Wildman–Crippen MR) is 95.3 cm³/mol. The van der Waals surface area contributed by atoms with E-state index in [4.69, 9.17) is 21.3 Å². The molecule has 1 aromatic carbocycles. The van der Waals surface area contributed by atoms with E-state index in [0.717, 1.165) is 41.8 Å². The number of ether oxygens (including phenoxy) is 1. The zero-order valence-electron chi connectivity index (χ0n) is 12.7. The fraction of sp³-hybridized carbons (Fsp3) is 0.438. The van der Waals surface area contributed by atoms with Crippen molar-refractivity contribution in [3.63, 3.8) is 0 Å². The summed E-state index contributed by atoms with van der Waals surface area (Å²) in [6.07, 6.45) is 2.15. The van der Waals surface area contributed by atoms with Crippen LogP contribution in [0.25, 0.3) is 0 Å². The van der Waals surface area contributed by atoms with E-state index in [1.807, 2.05) is 13.0 Å². The quantitative estimate of drug-likeness (QED) is 0.742. The van der Waals surface area contributed by atoms with E-state index in [2.05, 4.69) is 23.1 Å². The Morgan fingerprint density at radius 2 is 2.05 bits per heavy atom. The summed E-state index contributed by atoms with van der Waals surface area (Å²) in [4.78, 5) is 5.91. The topological polar surface area (TPSA) is 34.2 Å². The van der Waals surface area contributed by atoms with Gasteiger partial charge in [0.15, 0.2) is 5.13 Å². The van der Waals surface area contributed by atoms with Crippen LogP contribution in [-0.4, -0.2) is 18.2 Å². The summed E-state index contributed by atoms with van der Waals surface area (Å²) in [6.45, 7) is 5.80. The summed E-state index contributed by atoms with van der Waals surface area (Å²) in [5, 5.41) is 3.94. The van der Waals surface area contributed by atoms with Crippen molar-refractivity contribution in [3.8, 4) is 0 Å².